The van der Waals surface area contributed by atoms with Crippen molar-refractivity contribution in [2.24, 2.45) is 0 Å². The second-order valence-corrected chi connectivity index (χ2v) is 6.13. The van der Waals surface area contributed by atoms with E-state index >= 15 is 0 Å². The summed E-state index contributed by atoms with van der Waals surface area (Å²) in [5.74, 6) is 0.410. The SMILES string of the molecule is Clc1nc2ccc(Br)cc2c(Cl)c1OCc1ccccc1. The number of ether oxygens (including phenoxy) is 1. The Morgan fingerprint density at radius 3 is 2.57 bits per heavy atom. The molecular weight excluding hydrogens is 373 g/mol. The van der Waals surface area contributed by atoms with Gasteiger partial charge in [-0.3, -0.25) is 0 Å². The Balaban J connectivity index is 1.98. The molecular formula is C16H10BrCl2NO. The van der Waals surface area contributed by atoms with Gasteiger partial charge in [0, 0.05) is 9.86 Å². The fraction of sp³-hybridized carbons (Fsp3) is 0.0625. The molecule has 0 aliphatic heterocycles. The highest BCUT2D eigenvalue weighted by molar-refractivity contribution is 9.10. The van der Waals surface area contributed by atoms with E-state index in [1.807, 2.05) is 48.5 Å². The molecule has 1 aromatic heterocycles. The second kappa shape index (κ2) is 6.22. The predicted octanol–water partition coefficient (Wildman–Crippen LogP) is 5.88. The summed E-state index contributed by atoms with van der Waals surface area (Å²) in [4.78, 5) is 4.32. The van der Waals surface area contributed by atoms with Crippen molar-refractivity contribution < 1.29 is 4.74 Å². The molecule has 0 atom stereocenters. The molecule has 0 spiro atoms. The molecule has 0 aliphatic carbocycles. The first-order valence-corrected chi connectivity index (χ1v) is 7.81. The van der Waals surface area contributed by atoms with Crippen molar-refractivity contribution >= 4 is 50.0 Å². The first kappa shape index (κ1) is 14.6. The Bertz CT molecular complexity index is 793. The number of hydrogen-bond acceptors (Lipinski definition) is 2. The number of rotatable bonds is 3. The zero-order chi connectivity index (χ0) is 14.8. The number of hydrogen-bond donors (Lipinski definition) is 0. The highest BCUT2D eigenvalue weighted by Gasteiger charge is 2.14. The molecule has 0 bridgehead atoms. The van der Waals surface area contributed by atoms with E-state index < -0.39 is 0 Å². The van der Waals surface area contributed by atoms with Crippen LogP contribution >= 0.6 is 39.1 Å². The van der Waals surface area contributed by atoms with Gasteiger partial charge in [0.05, 0.1) is 10.5 Å². The molecule has 0 fully saturated rings. The van der Waals surface area contributed by atoms with Crippen LogP contribution in [0, 0.1) is 0 Å². The van der Waals surface area contributed by atoms with Crippen molar-refractivity contribution in [1.29, 1.82) is 0 Å². The second-order valence-electron chi connectivity index (χ2n) is 4.48. The van der Waals surface area contributed by atoms with Crippen LogP contribution in [0.4, 0.5) is 0 Å². The Labute approximate surface area is 140 Å². The van der Waals surface area contributed by atoms with E-state index in [0.717, 1.165) is 20.9 Å². The zero-order valence-corrected chi connectivity index (χ0v) is 13.9. The van der Waals surface area contributed by atoms with Crippen LogP contribution in [0.3, 0.4) is 0 Å². The molecule has 0 saturated heterocycles. The third-order valence-corrected chi connectivity index (χ3v) is 4.15. The van der Waals surface area contributed by atoms with Crippen molar-refractivity contribution in [2.75, 3.05) is 0 Å². The quantitative estimate of drug-likeness (QED) is 0.527. The third-order valence-electron chi connectivity index (χ3n) is 3.03. The lowest BCUT2D eigenvalue weighted by Crippen LogP contribution is -1.98. The zero-order valence-electron chi connectivity index (χ0n) is 10.8. The van der Waals surface area contributed by atoms with Crippen molar-refractivity contribution in [3.8, 4) is 5.75 Å². The fourth-order valence-corrected chi connectivity index (χ4v) is 2.95. The van der Waals surface area contributed by atoms with Crippen molar-refractivity contribution in [2.45, 2.75) is 6.61 Å². The molecule has 106 valence electrons. The van der Waals surface area contributed by atoms with E-state index in [0.29, 0.717) is 17.4 Å². The van der Waals surface area contributed by atoms with Crippen molar-refractivity contribution in [3.63, 3.8) is 0 Å². The van der Waals surface area contributed by atoms with Crippen LogP contribution in [0.2, 0.25) is 10.2 Å². The van der Waals surface area contributed by atoms with Crippen LogP contribution < -0.4 is 4.74 Å². The van der Waals surface area contributed by atoms with Gasteiger partial charge in [0.2, 0.25) is 0 Å². The smallest absolute Gasteiger partial charge is 0.176 e. The lowest BCUT2D eigenvalue weighted by atomic mass is 10.2. The molecule has 5 heteroatoms. The van der Waals surface area contributed by atoms with E-state index in [-0.39, 0.29) is 5.15 Å². The van der Waals surface area contributed by atoms with Crippen LogP contribution in [0.15, 0.2) is 53.0 Å². The standard InChI is InChI=1S/C16H10BrCl2NO/c17-11-6-7-13-12(8-11)14(18)15(16(19)20-13)21-9-10-4-2-1-3-5-10/h1-8H,9H2. The maximum absolute atomic E-state index is 6.41. The maximum atomic E-state index is 6.41. The number of aromatic nitrogens is 1. The summed E-state index contributed by atoms with van der Waals surface area (Å²) in [6.07, 6.45) is 0. The summed E-state index contributed by atoms with van der Waals surface area (Å²) in [6.45, 7) is 0.390. The van der Waals surface area contributed by atoms with Gasteiger partial charge in [-0.1, -0.05) is 69.5 Å². The summed E-state index contributed by atoms with van der Waals surface area (Å²) < 4.78 is 6.69. The summed E-state index contributed by atoms with van der Waals surface area (Å²) in [7, 11) is 0. The Morgan fingerprint density at radius 1 is 1.05 bits per heavy atom. The van der Waals surface area contributed by atoms with Gasteiger partial charge in [0.1, 0.15) is 6.61 Å². The average Bonchev–Trinajstić information content (AvgIpc) is 2.49. The minimum absolute atomic E-state index is 0.269. The first-order valence-electron chi connectivity index (χ1n) is 6.26. The fourth-order valence-electron chi connectivity index (χ4n) is 2.00. The summed E-state index contributed by atoms with van der Waals surface area (Å²) in [5, 5.41) is 1.55. The lowest BCUT2D eigenvalue weighted by molar-refractivity contribution is 0.306. The molecule has 0 amide bonds. The van der Waals surface area contributed by atoms with Gasteiger partial charge >= 0.3 is 0 Å². The normalized spacial score (nSPS) is 10.8. The molecule has 2 nitrogen and oxygen atoms in total. The molecule has 0 aliphatic rings. The molecule has 0 N–H and O–H groups in total. The van der Waals surface area contributed by atoms with E-state index in [9.17, 15) is 0 Å². The molecule has 0 radical (unpaired) electrons. The van der Waals surface area contributed by atoms with E-state index in [4.69, 9.17) is 27.9 Å². The molecule has 2 aromatic carbocycles. The first-order chi connectivity index (χ1) is 10.1. The molecule has 21 heavy (non-hydrogen) atoms. The number of benzene rings is 2. The predicted molar refractivity (Wildman–Crippen MR) is 90.2 cm³/mol. The largest absolute Gasteiger partial charge is 0.484 e. The Kier molecular flexibility index (Phi) is 4.34. The van der Waals surface area contributed by atoms with Gasteiger partial charge in [0.15, 0.2) is 10.9 Å². The van der Waals surface area contributed by atoms with Gasteiger partial charge < -0.3 is 4.74 Å². The Hall–Kier alpha value is -1.29. The number of pyridine rings is 1. The average molecular weight is 383 g/mol. The van der Waals surface area contributed by atoms with Crippen molar-refractivity contribution in [3.05, 3.63) is 68.7 Å². The van der Waals surface area contributed by atoms with Crippen LogP contribution in [0.25, 0.3) is 10.9 Å². The maximum Gasteiger partial charge on any atom is 0.176 e. The highest BCUT2D eigenvalue weighted by atomic mass is 79.9. The van der Waals surface area contributed by atoms with Gasteiger partial charge in [-0.25, -0.2) is 4.98 Å². The number of nitrogens with zero attached hydrogens (tertiary/aromatic N) is 1. The number of fused-ring (bicyclic) bond motifs is 1. The molecule has 0 saturated carbocycles. The summed E-state index contributed by atoms with van der Waals surface area (Å²) in [5.41, 5.74) is 1.78. The minimum atomic E-state index is 0.269. The monoisotopic (exact) mass is 381 g/mol. The van der Waals surface area contributed by atoms with Gasteiger partial charge in [-0.05, 0) is 23.8 Å². The molecule has 0 unspecified atom stereocenters. The molecule has 3 rings (SSSR count). The van der Waals surface area contributed by atoms with E-state index in [1.54, 1.807) is 0 Å². The topological polar surface area (TPSA) is 22.1 Å². The van der Waals surface area contributed by atoms with Gasteiger partial charge in [0.25, 0.3) is 0 Å². The third kappa shape index (κ3) is 3.15. The van der Waals surface area contributed by atoms with Gasteiger partial charge in [-0.15, -0.1) is 0 Å². The lowest BCUT2D eigenvalue weighted by Gasteiger charge is -2.11. The minimum Gasteiger partial charge on any atom is -0.484 e. The van der Waals surface area contributed by atoms with E-state index in [1.165, 1.54) is 0 Å². The van der Waals surface area contributed by atoms with Crippen LogP contribution in [0.1, 0.15) is 5.56 Å². The van der Waals surface area contributed by atoms with Gasteiger partial charge in [-0.2, -0.15) is 0 Å². The van der Waals surface area contributed by atoms with Crippen LogP contribution in [0.5, 0.6) is 5.75 Å². The summed E-state index contributed by atoms with van der Waals surface area (Å²) in [6, 6.07) is 15.5. The van der Waals surface area contributed by atoms with Crippen LogP contribution in [-0.4, -0.2) is 4.98 Å². The molecule has 1 heterocycles. The Morgan fingerprint density at radius 2 is 1.81 bits per heavy atom. The van der Waals surface area contributed by atoms with E-state index in [2.05, 4.69) is 20.9 Å². The van der Waals surface area contributed by atoms with Crippen LogP contribution in [-0.2, 0) is 6.61 Å². The summed E-state index contributed by atoms with van der Waals surface area (Å²) >= 11 is 16.0. The van der Waals surface area contributed by atoms with Crippen molar-refractivity contribution in [1.82, 2.24) is 4.98 Å². The highest BCUT2D eigenvalue weighted by Crippen LogP contribution is 2.38. The molecule has 3 aromatic rings. The number of halogens is 3.